The Morgan fingerprint density at radius 2 is 2.12 bits per heavy atom. The number of anilines is 2. The van der Waals surface area contributed by atoms with Gasteiger partial charge in [0, 0.05) is 22.9 Å². The average Bonchev–Trinajstić information content (AvgIpc) is 2.71. The Kier molecular flexibility index (Phi) is 3.52. The largest absolute Gasteiger partial charge is 0.325 e. The van der Waals surface area contributed by atoms with Crippen LogP contribution in [0.25, 0.3) is 0 Å². The number of aryl methyl sites for hydroxylation is 1. The number of nitrogens with zero attached hydrogens (tertiary/aromatic N) is 2. The molecule has 4 heteroatoms. The predicted octanol–water partition coefficient (Wildman–Crippen LogP) is 4.28. The summed E-state index contributed by atoms with van der Waals surface area (Å²) in [6, 6.07) is 6.61. The van der Waals surface area contributed by atoms with Crippen molar-refractivity contribution in [1.29, 1.82) is 0 Å². The van der Waals surface area contributed by atoms with E-state index in [2.05, 4.69) is 63.7 Å². The molecule has 0 fully saturated rings. The Morgan fingerprint density at radius 1 is 1.35 bits per heavy atom. The summed E-state index contributed by atoms with van der Waals surface area (Å²) in [6.45, 7) is 6.35. The van der Waals surface area contributed by atoms with E-state index < -0.39 is 0 Å². The summed E-state index contributed by atoms with van der Waals surface area (Å²) >= 11 is 3.54. The van der Waals surface area contributed by atoms with Gasteiger partial charge in [0.25, 0.3) is 0 Å². The Labute approximate surface area is 110 Å². The fourth-order valence-corrected chi connectivity index (χ4v) is 2.03. The third-order valence-corrected chi connectivity index (χ3v) is 3.28. The molecule has 1 N–H and O–H groups in total. The van der Waals surface area contributed by atoms with Gasteiger partial charge in [-0.3, -0.25) is 0 Å². The van der Waals surface area contributed by atoms with E-state index in [9.17, 15) is 0 Å². The van der Waals surface area contributed by atoms with E-state index in [4.69, 9.17) is 0 Å². The fourth-order valence-electron chi connectivity index (χ4n) is 1.68. The maximum atomic E-state index is 4.33. The highest BCUT2D eigenvalue weighted by Gasteiger charge is 2.07. The number of aromatic nitrogens is 2. The number of hydrogen-bond acceptors (Lipinski definition) is 2. The summed E-state index contributed by atoms with van der Waals surface area (Å²) in [5.74, 6) is 0.867. The summed E-state index contributed by atoms with van der Waals surface area (Å²) < 4.78 is 3.15. The molecule has 90 valence electrons. The molecule has 1 heterocycles. The lowest BCUT2D eigenvalue weighted by Crippen LogP contribution is -2.05. The maximum absolute atomic E-state index is 4.33. The van der Waals surface area contributed by atoms with E-state index in [0.29, 0.717) is 6.04 Å². The van der Waals surface area contributed by atoms with Crippen molar-refractivity contribution in [1.82, 2.24) is 9.55 Å². The molecule has 0 aliphatic rings. The summed E-state index contributed by atoms with van der Waals surface area (Å²) in [5, 5.41) is 3.35. The molecule has 0 spiro atoms. The molecule has 0 aliphatic heterocycles. The van der Waals surface area contributed by atoms with Gasteiger partial charge in [-0.1, -0.05) is 6.07 Å². The molecule has 3 nitrogen and oxygen atoms in total. The standard InChI is InChI=1S/C13H16BrN3/c1-9(2)17-7-6-15-13(17)16-12-8-10(3)4-5-11(12)14/h4-9H,1-3H3,(H,15,16). The lowest BCUT2D eigenvalue weighted by atomic mass is 10.2. The zero-order valence-electron chi connectivity index (χ0n) is 10.2. The van der Waals surface area contributed by atoms with Gasteiger partial charge in [0.2, 0.25) is 5.95 Å². The molecule has 0 radical (unpaired) electrons. The highest BCUT2D eigenvalue weighted by molar-refractivity contribution is 9.10. The van der Waals surface area contributed by atoms with Crippen LogP contribution in [0.4, 0.5) is 11.6 Å². The second-order valence-corrected chi connectivity index (χ2v) is 5.21. The molecular weight excluding hydrogens is 278 g/mol. The SMILES string of the molecule is Cc1ccc(Br)c(Nc2nccn2C(C)C)c1. The van der Waals surface area contributed by atoms with Crippen molar-refractivity contribution in [3.8, 4) is 0 Å². The number of benzene rings is 1. The zero-order chi connectivity index (χ0) is 12.4. The lowest BCUT2D eigenvalue weighted by molar-refractivity contribution is 0.608. The first kappa shape index (κ1) is 12.2. The van der Waals surface area contributed by atoms with Gasteiger partial charge in [0.05, 0.1) is 5.69 Å². The predicted molar refractivity (Wildman–Crippen MR) is 74.8 cm³/mol. The topological polar surface area (TPSA) is 29.9 Å². The highest BCUT2D eigenvalue weighted by atomic mass is 79.9. The van der Waals surface area contributed by atoms with E-state index >= 15 is 0 Å². The van der Waals surface area contributed by atoms with Crippen molar-refractivity contribution in [3.05, 3.63) is 40.6 Å². The highest BCUT2D eigenvalue weighted by Crippen LogP contribution is 2.27. The maximum Gasteiger partial charge on any atom is 0.207 e. The van der Waals surface area contributed by atoms with Crippen LogP contribution in [0.5, 0.6) is 0 Å². The molecule has 1 aromatic heterocycles. The number of nitrogens with one attached hydrogen (secondary N) is 1. The van der Waals surface area contributed by atoms with Gasteiger partial charge in [-0.2, -0.15) is 0 Å². The van der Waals surface area contributed by atoms with Crippen molar-refractivity contribution in [2.45, 2.75) is 26.8 Å². The van der Waals surface area contributed by atoms with Gasteiger partial charge >= 0.3 is 0 Å². The average molecular weight is 294 g/mol. The summed E-state index contributed by atoms with van der Waals surface area (Å²) in [5.41, 5.74) is 2.26. The zero-order valence-corrected chi connectivity index (χ0v) is 11.8. The monoisotopic (exact) mass is 293 g/mol. The second-order valence-electron chi connectivity index (χ2n) is 4.36. The summed E-state index contributed by atoms with van der Waals surface area (Å²) in [6.07, 6.45) is 3.79. The molecule has 0 unspecified atom stereocenters. The molecule has 0 aliphatic carbocycles. The number of halogens is 1. The molecule has 0 bridgehead atoms. The molecule has 0 amide bonds. The summed E-state index contributed by atoms with van der Waals surface area (Å²) in [4.78, 5) is 4.33. The Hall–Kier alpha value is -1.29. The van der Waals surface area contributed by atoms with E-state index in [1.54, 1.807) is 0 Å². The number of rotatable bonds is 3. The first-order valence-corrected chi connectivity index (χ1v) is 6.43. The van der Waals surface area contributed by atoms with Gasteiger partial charge in [0.1, 0.15) is 0 Å². The van der Waals surface area contributed by atoms with Crippen molar-refractivity contribution < 1.29 is 0 Å². The van der Waals surface area contributed by atoms with Crippen molar-refractivity contribution in [2.24, 2.45) is 0 Å². The normalized spacial score (nSPS) is 10.9. The van der Waals surface area contributed by atoms with Crippen LogP contribution in [0.3, 0.4) is 0 Å². The third kappa shape index (κ3) is 2.69. The molecule has 2 aromatic rings. The lowest BCUT2D eigenvalue weighted by Gasteiger charge is -2.14. The molecule has 1 aromatic carbocycles. The minimum Gasteiger partial charge on any atom is -0.325 e. The molecular formula is C13H16BrN3. The van der Waals surface area contributed by atoms with Crippen LogP contribution in [-0.2, 0) is 0 Å². The van der Waals surface area contributed by atoms with Crippen LogP contribution in [0.2, 0.25) is 0 Å². The molecule has 0 atom stereocenters. The van der Waals surface area contributed by atoms with Gasteiger partial charge in [0.15, 0.2) is 0 Å². The van der Waals surface area contributed by atoms with Crippen molar-refractivity contribution >= 4 is 27.6 Å². The molecule has 0 saturated heterocycles. The number of imidazole rings is 1. The third-order valence-electron chi connectivity index (χ3n) is 2.59. The Balaban J connectivity index is 2.31. The Morgan fingerprint density at radius 3 is 2.82 bits per heavy atom. The van der Waals surface area contributed by atoms with Crippen LogP contribution >= 0.6 is 15.9 Å². The van der Waals surface area contributed by atoms with Crippen LogP contribution in [-0.4, -0.2) is 9.55 Å². The first-order chi connectivity index (χ1) is 8.08. The summed E-state index contributed by atoms with van der Waals surface area (Å²) in [7, 11) is 0. The van der Waals surface area contributed by atoms with E-state index in [0.717, 1.165) is 16.1 Å². The fraction of sp³-hybridized carbons (Fsp3) is 0.308. The minimum absolute atomic E-state index is 0.392. The van der Waals surface area contributed by atoms with Gasteiger partial charge in [-0.05, 0) is 54.4 Å². The van der Waals surface area contributed by atoms with Gasteiger partial charge in [-0.25, -0.2) is 4.98 Å². The van der Waals surface area contributed by atoms with E-state index in [1.807, 2.05) is 18.5 Å². The minimum atomic E-state index is 0.392. The van der Waals surface area contributed by atoms with Crippen LogP contribution in [0.1, 0.15) is 25.5 Å². The van der Waals surface area contributed by atoms with Gasteiger partial charge < -0.3 is 9.88 Å². The smallest absolute Gasteiger partial charge is 0.207 e. The molecule has 2 rings (SSSR count). The Bertz CT molecular complexity index is 517. The van der Waals surface area contributed by atoms with Gasteiger partial charge in [-0.15, -0.1) is 0 Å². The second kappa shape index (κ2) is 4.92. The number of hydrogen-bond donors (Lipinski definition) is 1. The van der Waals surface area contributed by atoms with E-state index in [1.165, 1.54) is 5.56 Å². The van der Waals surface area contributed by atoms with Crippen molar-refractivity contribution in [3.63, 3.8) is 0 Å². The van der Waals surface area contributed by atoms with Crippen LogP contribution in [0.15, 0.2) is 35.1 Å². The quantitative estimate of drug-likeness (QED) is 0.915. The van der Waals surface area contributed by atoms with Crippen molar-refractivity contribution in [2.75, 3.05) is 5.32 Å². The molecule has 17 heavy (non-hydrogen) atoms. The first-order valence-electron chi connectivity index (χ1n) is 5.64. The molecule has 0 saturated carbocycles. The van der Waals surface area contributed by atoms with E-state index in [-0.39, 0.29) is 0 Å². The van der Waals surface area contributed by atoms with Crippen LogP contribution in [0, 0.1) is 6.92 Å². The van der Waals surface area contributed by atoms with Crippen LogP contribution < -0.4 is 5.32 Å².